The second-order valence-electron chi connectivity index (χ2n) is 1.08. The number of aliphatic hydroxyl groups is 1. The van der Waals surface area contributed by atoms with Crippen molar-refractivity contribution in [3.63, 3.8) is 0 Å². The van der Waals surface area contributed by atoms with E-state index in [1.807, 2.05) is 0 Å². The fourth-order valence-electron chi connectivity index (χ4n) is 0.158. The van der Waals surface area contributed by atoms with Crippen molar-refractivity contribution < 1.29 is 9.81 Å². The minimum absolute atomic E-state index is 0. The van der Waals surface area contributed by atoms with E-state index in [9.17, 15) is 0 Å². The summed E-state index contributed by atoms with van der Waals surface area (Å²) in [6.07, 6.45) is 2.04. The second-order valence-corrected chi connectivity index (χ2v) is 1.08. The number of hydrogen-bond donors (Lipinski definition) is 1. The number of unbranched alkanes of at least 4 members (excludes halogenated alkanes) is 1. The number of hydrogen-bond acceptors (Lipinski definition) is 1. The lowest BCUT2D eigenvalue weighted by Gasteiger charge is -1.79. The van der Waals surface area contributed by atoms with Gasteiger partial charge < -0.3 is 5.11 Å². The van der Waals surface area contributed by atoms with Gasteiger partial charge in [-0.15, -0.1) is 0 Å². The highest BCUT2D eigenvalue weighted by molar-refractivity contribution is 4.23. The Labute approximate surface area is 37.4 Å². The van der Waals surface area contributed by atoms with Crippen molar-refractivity contribution in [2.75, 3.05) is 6.61 Å². The molecule has 0 unspecified atom stereocenters. The highest BCUT2D eigenvalue weighted by Crippen LogP contribution is 1.78. The van der Waals surface area contributed by atoms with Crippen LogP contribution in [0.15, 0.2) is 0 Å². The van der Waals surface area contributed by atoms with E-state index >= 15 is 0 Å². The molecular formula is C4H11FO. The molecular weight excluding hydrogens is 83.0 g/mol. The first-order chi connectivity index (χ1) is 2.41. The van der Waals surface area contributed by atoms with E-state index in [1.54, 1.807) is 0 Å². The molecule has 0 aromatic heterocycles. The molecule has 0 saturated carbocycles. The van der Waals surface area contributed by atoms with Gasteiger partial charge in [-0.1, -0.05) is 13.3 Å². The third kappa shape index (κ3) is 9.10. The van der Waals surface area contributed by atoms with Gasteiger partial charge >= 0.3 is 0 Å². The molecule has 40 valence electrons. The molecule has 0 saturated heterocycles. The number of halogens is 1. The predicted molar refractivity (Wildman–Crippen MR) is 24.5 cm³/mol. The highest BCUT2D eigenvalue weighted by Gasteiger charge is 1.69. The molecule has 0 atom stereocenters. The molecule has 6 heavy (non-hydrogen) atoms. The van der Waals surface area contributed by atoms with Crippen LogP contribution >= 0.6 is 0 Å². The molecule has 0 aliphatic heterocycles. The lowest BCUT2D eigenvalue weighted by atomic mass is 10.4. The highest BCUT2D eigenvalue weighted by atomic mass is 19.0. The van der Waals surface area contributed by atoms with Gasteiger partial charge in [-0.2, -0.15) is 0 Å². The molecule has 0 fully saturated rings. The molecule has 0 aliphatic carbocycles. The van der Waals surface area contributed by atoms with Crippen LogP contribution in [0.25, 0.3) is 0 Å². The van der Waals surface area contributed by atoms with E-state index in [-0.39, 0.29) is 4.70 Å². The Morgan fingerprint density at radius 2 is 2.00 bits per heavy atom. The first-order valence-electron chi connectivity index (χ1n) is 2.02. The SMILES string of the molecule is CCCCO.F. The summed E-state index contributed by atoms with van der Waals surface area (Å²) in [4.78, 5) is 0. The van der Waals surface area contributed by atoms with Crippen LogP contribution in [0.4, 0.5) is 4.70 Å². The van der Waals surface area contributed by atoms with E-state index in [1.165, 1.54) is 0 Å². The van der Waals surface area contributed by atoms with Gasteiger partial charge in [0.15, 0.2) is 0 Å². The average molecular weight is 94.1 g/mol. The number of rotatable bonds is 2. The van der Waals surface area contributed by atoms with Crippen LogP contribution in [0.3, 0.4) is 0 Å². The quantitative estimate of drug-likeness (QED) is 0.539. The normalized spacial score (nSPS) is 7.00. The summed E-state index contributed by atoms with van der Waals surface area (Å²) in [6.45, 7) is 2.40. The molecule has 0 amide bonds. The van der Waals surface area contributed by atoms with Gasteiger partial charge in [-0.3, -0.25) is 4.70 Å². The Balaban J connectivity index is 0. The van der Waals surface area contributed by atoms with Crippen molar-refractivity contribution >= 4 is 0 Å². The van der Waals surface area contributed by atoms with Crippen LogP contribution < -0.4 is 0 Å². The minimum Gasteiger partial charge on any atom is -0.396 e. The molecule has 1 N–H and O–H groups in total. The maximum atomic E-state index is 8.07. The van der Waals surface area contributed by atoms with Crippen LogP contribution in [0, 0.1) is 0 Å². The van der Waals surface area contributed by atoms with Crippen LogP contribution in [-0.2, 0) is 0 Å². The van der Waals surface area contributed by atoms with Gasteiger partial charge in [0.05, 0.1) is 0 Å². The van der Waals surface area contributed by atoms with Crippen molar-refractivity contribution in [3.8, 4) is 0 Å². The Hall–Kier alpha value is -0.110. The molecule has 0 radical (unpaired) electrons. The molecule has 0 spiro atoms. The molecule has 0 rings (SSSR count). The second kappa shape index (κ2) is 8.86. The fraction of sp³-hybridized carbons (Fsp3) is 1.00. The van der Waals surface area contributed by atoms with Gasteiger partial charge in [-0.05, 0) is 6.42 Å². The van der Waals surface area contributed by atoms with Crippen molar-refractivity contribution in [1.29, 1.82) is 0 Å². The fourth-order valence-corrected chi connectivity index (χ4v) is 0.158. The van der Waals surface area contributed by atoms with Gasteiger partial charge in [0, 0.05) is 6.61 Å². The van der Waals surface area contributed by atoms with Gasteiger partial charge in [0.2, 0.25) is 0 Å². The average Bonchev–Trinajstić information content (AvgIpc) is 1.41. The Bertz CT molecular complexity index is 15.0. The van der Waals surface area contributed by atoms with E-state index < -0.39 is 0 Å². The standard InChI is InChI=1S/C4H10O.FH/c1-2-3-4-5;/h5H,2-4H2,1H3;1H. The van der Waals surface area contributed by atoms with Crippen molar-refractivity contribution in [2.24, 2.45) is 0 Å². The zero-order valence-corrected chi connectivity index (χ0v) is 3.98. The predicted octanol–water partition coefficient (Wildman–Crippen LogP) is 0.931. The van der Waals surface area contributed by atoms with E-state index in [0.717, 1.165) is 12.8 Å². The monoisotopic (exact) mass is 94.1 g/mol. The van der Waals surface area contributed by atoms with Crippen LogP contribution in [0.5, 0.6) is 0 Å². The smallest absolute Gasteiger partial charge is 0.0430 e. The summed E-state index contributed by atoms with van der Waals surface area (Å²) >= 11 is 0. The van der Waals surface area contributed by atoms with Crippen molar-refractivity contribution in [2.45, 2.75) is 19.8 Å². The molecule has 1 nitrogen and oxygen atoms in total. The summed E-state index contributed by atoms with van der Waals surface area (Å²) < 4.78 is 0. The summed E-state index contributed by atoms with van der Waals surface area (Å²) in [5, 5.41) is 8.07. The summed E-state index contributed by atoms with van der Waals surface area (Å²) in [5.41, 5.74) is 0. The zero-order valence-electron chi connectivity index (χ0n) is 3.98. The molecule has 0 bridgehead atoms. The topological polar surface area (TPSA) is 20.2 Å². The molecule has 0 aromatic carbocycles. The molecule has 0 aliphatic rings. The third-order valence-electron chi connectivity index (χ3n) is 0.512. The van der Waals surface area contributed by atoms with Gasteiger partial charge in [0.25, 0.3) is 0 Å². The molecule has 0 heterocycles. The first kappa shape index (κ1) is 9.31. The van der Waals surface area contributed by atoms with E-state index in [2.05, 4.69) is 6.92 Å². The first-order valence-corrected chi connectivity index (χ1v) is 2.02. The van der Waals surface area contributed by atoms with Gasteiger partial charge in [0.1, 0.15) is 0 Å². The lowest BCUT2D eigenvalue weighted by Crippen LogP contribution is -1.75. The Morgan fingerprint density at radius 1 is 1.50 bits per heavy atom. The zero-order chi connectivity index (χ0) is 4.12. The Kier molecular flexibility index (Phi) is 13.7. The van der Waals surface area contributed by atoms with Crippen LogP contribution in [-0.4, -0.2) is 11.7 Å². The largest absolute Gasteiger partial charge is 0.396 e. The van der Waals surface area contributed by atoms with Crippen LogP contribution in [0.1, 0.15) is 19.8 Å². The van der Waals surface area contributed by atoms with Crippen molar-refractivity contribution in [3.05, 3.63) is 0 Å². The Morgan fingerprint density at radius 3 is 2.00 bits per heavy atom. The summed E-state index contributed by atoms with van der Waals surface area (Å²) in [6, 6.07) is 0. The van der Waals surface area contributed by atoms with Gasteiger partial charge in [-0.25, -0.2) is 0 Å². The summed E-state index contributed by atoms with van der Waals surface area (Å²) in [7, 11) is 0. The molecule has 0 aromatic rings. The molecule has 2 heteroatoms. The van der Waals surface area contributed by atoms with E-state index in [0.29, 0.717) is 6.61 Å². The van der Waals surface area contributed by atoms with E-state index in [4.69, 9.17) is 5.11 Å². The van der Waals surface area contributed by atoms with Crippen molar-refractivity contribution in [1.82, 2.24) is 0 Å². The van der Waals surface area contributed by atoms with Crippen LogP contribution in [0.2, 0.25) is 0 Å². The maximum absolute atomic E-state index is 8.07. The third-order valence-corrected chi connectivity index (χ3v) is 0.512. The minimum atomic E-state index is 0. The number of aliphatic hydroxyl groups excluding tert-OH is 1. The maximum Gasteiger partial charge on any atom is 0.0430 e. The summed E-state index contributed by atoms with van der Waals surface area (Å²) in [5.74, 6) is 0. The lowest BCUT2D eigenvalue weighted by molar-refractivity contribution is 0.287.